The Hall–Kier alpha value is -4.11. The van der Waals surface area contributed by atoms with Crippen LogP contribution in [0.4, 0.5) is 11.4 Å². The van der Waals surface area contributed by atoms with Crippen molar-refractivity contribution in [2.24, 2.45) is 0 Å². The molecule has 9 heteroatoms. The molecule has 0 aliphatic carbocycles. The molecule has 0 aliphatic rings. The van der Waals surface area contributed by atoms with E-state index < -0.39 is 10.8 Å². The number of aryl methyl sites for hydroxylation is 2. The Balaban J connectivity index is 1.57. The zero-order valence-corrected chi connectivity index (χ0v) is 19.9. The van der Waals surface area contributed by atoms with Crippen LogP contribution in [0.2, 0.25) is 0 Å². The highest BCUT2D eigenvalue weighted by Crippen LogP contribution is 2.32. The Morgan fingerprint density at radius 2 is 1.79 bits per heavy atom. The molecule has 1 amide bonds. The third kappa shape index (κ3) is 4.38. The summed E-state index contributed by atoms with van der Waals surface area (Å²) in [6.07, 6.45) is 0. The minimum Gasteiger partial charge on any atom is -0.436 e. The number of hydrogen-bond donors (Lipinski definition) is 2. The van der Waals surface area contributed by atoms with E-state index in [1.54, 1.807) is 0 Å². The monoisotopic (exact) mass is 474 g/mol. The highest BCUT2D eigenvalue weighted by atomic mass is 32.1. The minimum atomic E-state index is -0.530. The van der Waals surface area contributed by atoms with Crippen LogP contribution >= 0.6 is 12.2 Å². The number of anilines is 1. The number of nitro groups is 1. The number of hydrogen-bond acceptors (Lipinski definition) is 6. The van der Waals surface area contributed by atoms with Crippen LogP contribution in [0.1, 0.15) is 32.6 Å². The Bertz CT molecular complexity index is 1480. The van der Waals surface area contributed by atoms with Crippen molar-refractivity contribution < 1.29 is 14.1 Å². The van der Waals surface area contributed by atoms with Crippen LogP contribution in [-0.4, -0.2) is 20.9 Å². The van der Waals surface area contributed by atoms with Gasteiger partial charge in [-0.3, -0.25) is 20.2 Å². The quantitative estimate of drug-likeness (QED) is 0.220. The molecule has 0 aliphatic heterocycles. The van der Waals surface area contributed by atoms with Crippen molar-refractivity contribution in [3.8, 4) is 11.5 Å². The number of fused-ring (bicyclic) bond motifs is 1. The second-order valence-electron chi connectivity index (χ2n) is 8.04. The average molecular weight is 475 g/mol. The maximum absolute atomic E-state index is 12.7. The fraction of sp³-hybridized carbons (Fsp3) is 0.160. The molecular formula is C25H22N4O4S. The number of thiocarbonyl (C=S) groups is 1. The summed E-state index contributed by atoms with van der Waals surface area (Å²) in [7, 11) is 0. The van der Waals surface area contributed by atoms with E-state index in [1.807, 2.05) is 51.1 Å². The first-order valence-corrected chi connectivity index (χ1v) is 10.9. The molecule has 1 heterocycles. The lowest BCUT2D eigenvalue weighted by atomic mass is 10.1. The third-order valence-electron chi connectivity index (χ3n) is 5.61. The van der Waals surface area contributed by atoms with E-state index in [-0.39, 0.29) is 21.9 Å². The van der Waals surface area contributed by atoms with Gasteiger partial charge in [0.1, 0.15) is 5.52 Å². The van der Waals surface area contributed by atoms with E-state index in [0.717, 1.165) is 33.4 Å². The molecule has 3 aromatic carbocycles. The number of benzene rings is 3. The van der Waals surface area contributed by atoms with Crippen LogP contribution in [0.15, 0.2) is 52.9 Å². The Morgan fingerprint density at radius 1 is 1.06 bits per heavy atom. The first kappa shape index (κ1) is 23.1. The first-order chi connectivity index (χ1) is 16.2. The molecule has 0 unspecified atom stereocenters. The van der Waals surface area contributed by atoms with Gasteiger partial charge in [0.15, 0.2) is 10.7 Å². The van der Waals surface area contributed by atoms with Gasteiger partial charge >= 0.3 is 0 Å². The summed E-state index contributed by atoms with van der Waals surface area (Å²) in [5.74, 6) is -0.0377. The number of nitro benzene ring substituents is 1. The topological polar surface area (TPSA) is 110 Å². The largest absolute Gasteiger partial charge is 0.436 e. The van der Waals surface area contributed by atoms with E-state index in [9.17, 15) is 14.9 Å². The Kier molecular flexibility index (Phi) is 6.12. The SMILES string of the molecule is Cc1cc(C)c2oc(-c3cccc(NC(=S)NC(=O)c4cccc([N+](=O)[O-])c4C)c3C)nc2c1. The van der Waals surface area contributed by atoms with Gasteiger partial charge in [-0.2, -0.15) is 0 Å². The lowest BCUT2D eigenvalue weighted by Gasteiger charge is -2.14. The molecular weight excluding hydrogens is 452 g/mol. The number of oxazole rings is 1. The van der Waals surface area contributed by atoms with E-state index in [1.165, 1.54) is 25.1 Å². The molecule has 0 saturated carbocycles. The number of nitrogens with zero attached hydrogens (tertiary/aromatic N) is 2. The standard InChI is InChI=1S/C25H22N4O4S/c1-13-11-14(2)22-20(12-13)26-24(33-22)18-8-5-9-19(15(18)3)27-25(34)28-23(30)17-7-6-10-21(16(17)4)29(31)32/h5-12H,1-4H3,(H2,27,28,30,34). The van der Waals surface area contributed by atoms with Crippen molar-refractivity contribution in [1.29, 1.82) is 0 Å². The Labute approximate surface area is 201 Å². The fourth-order valence-electron chi connectivity index (χ4n) is 3.89. The lowest BCUT2D eigenvalue weighted by Crippen LogP contribution is -2.34. The molecule has 172 valence electrons. The predicted octanol–water partition coefficient (Wildman–Crippen LogP) is 5.76. The summed E-state index contributed by atoms with van der Waals surface area (Å²) in [5, 5.41) is 16.9. The highest BCUT2D eigenvalue weighted by molar-refractivity contribution is 7.80. The molecule has 4 aromatic rings. The van der Waals surface area contributed by atoms with E-state index in [0.29, 0.717) is 11.6 Å². The van der Waals surface area contributed by atoms with Crippen LogP contribution in [0.25, 0.3) is 22.6 Å². The Morgan fingerprint density at radius 3 is 2.53 bits per heavy atom. The summed E-state index contributed by atoms with van der Waals surface area (Å²) >= 11 is 5.33. The summed E-state index contributed by atoms with van der Waals surface area (Å²) in [6, 6.07) is 13.9. The molecule has 0 fully saturated rings. The van der Waals surface area contributed by atoms with Crippen LogP contribution in [0, 0.1) is 37.8 Å². The van der Waals surface area contributed by atoms with Gasteiger partial charge in [0.2, 0.25) is 5.89 Å². The normalized spacial score (nSPS) is 10.8. The number of aromatic nitrogens is 1. The maximum Gasteiger partial charge on any atom is 0.273 e. The van der Waals surface area contributed by atoms with Crippen molar-refractivity contribution >= 4 is 45.7 Å². The van der Waals surface area contributed by atoms with Crippen molar-refractivity contribution in [1.82, 2.24) is 10.3 Å². The summed E-state index contributed by atoms with van der Waals surface area (Å²) in [4.78, 5) is 28.0. The number of carbonyl (C=O) groups is 1. The molecule has 8 nitrogen and oxygen atoms in total. The molecule has 1 aromatic heterocycles. The van der Waals surface area contributed by atoms with Crippen LogP contribution in [0.3, 0.4) is 0 Å². The number of carbonyl (C=O) groups excluding carboxylic acids is 1. The highest BCUT2D eigenvalue weighted by Gasteiger charge is 2.19. The molecule has 4 rings (SSSR count). The van der Waals surface area contributed by atoms with E-state index in [2.05, 4.69) is 15.6 Å². The lowest BCUT2D eigenvalue weighted by molar-refractivity contribution is -0.385. The number of rotatable bonds is 4. The summed E-state index contributed by atoms with van der Waals surface area (Å²) in [6.45, 7) is 7.43. The van der Waals surface area contributed by atoms with Gasteiger partial charge in [0.05, 0.1) is 4.92 Å². The van der Waals surface area contributed by atoms with Crippen LogP contribution in [0.5, 0.6) is 0 Å². The van der Waals surface area contributed by atoms with Crippen molar-refractivity contribution in [2.45, 2.75) is 27.7 Å². The van der Waals surface area contributed by atoms with E-state index >= 15 is 0 Å². The molecule has 0 atom stereocenters. The maximum atomic E-state index is 12.7. The second-order valence-corrected chi connectivity index (χ2v) is 8.45. The zero-order valence-electron chi connectivity index (χ0n) is 19.1. The number of nitrogens with one attached hydrogen (secondary N) is 2. The molecule has 2 N–H and O–H groups in total. The van der Waals surface area contributed by atoms with E-state index in [4.69, 9.17) is 16.6 Å². The first-order valence-electron chi connectivity index (χ1n) is 10.5. The molecule has 0 bridgehead atoms. The van der Waals surface area contributed by atoms with Gasteiger partial charge < -0.3 is 9.73 Å². The van der Waals surface area contributed by atoms with Gasteiger partial charge in [0, 0.05) is 28.4 Å². The smallest absolute Gasteiger partial charge is 0.273 e. The summed E-state index contributed by atoms with van der Waals surface area (Å²) in [5.41, 5.74) is 6.29. The molecule has 34 heavy (non-hydrogen) atoms. The van der Waals surface area contributed by atoms with Crippen LogP contribution in [-0.2, 0) is 0 Å². The van der Waals surface area contributed by atoms with Gasteiger partial charge in [-0.05, 0) is 80.9 Å². The minimum absolute atomic E-state index is 0.0696. The molecule has 0 saturated heterocycles. The van der Waals surface area contributed by atoms with Gasteiger partial charge in [0.25, 0.3) is 11.6 Å². The van der Waals surface area contributed by atoms with Gasteiger partial charge in [-0.25, -0.2) is 4.98 Å². The second kappa shape index (κ2) is 9.03. The fourth-order valence-corrected chi connectivity index (χ4v) is 4.09. The van der Waals surface area contributed by atoms with Crippen molar-refractivity contribution in [3.05, 3.63) is 86.5 Å². The van der Waals surface area contributed by atoms with Crippen LogP contribution < -0.4 is 10.6 Å². The van der Waals surface area contributed by atoms with Crippen molar-refractivity contribution in [3.63, 3.8) is 0 Å². The number of amides is 1. The van der Waals surface area contributed by atoms with Gasteiger partial charge in [-0.1, -0.05) is 18.2 Å². The average Bonchev–Trinajstić information content (AvgIpc) is 3.19. The van der Waals surface area contributed by atoms with Gasteiger partial charge in [-0.15, -0.1) is 0 Å². The third-order valence-corrected chi connectivity index (χ3v) is 5.81. The van der Waals surface area contributed by atoms with Crippen molar-refractivity contribution in [2.75, 3.05) is 5.32 Å². The zero-order chi connectivity index (χ0) is 24.6. The summed E-state index contributed by atoms with van der Waals surface area (Å²) < 4.78 is 6.05. The molecule has 0 spiro atoms. The molecule has 0 radical (unpaired) electrons. The predicted molar refractivity (Wildman–Crippen MR) is 135 cm³/mol.